The molecule has 2 unspecified atom stereocenters. The van der Waals surface area contributed by atoms with E-state index < -0.39 is 16.8 Å². The van der Waals surface area contributed by atoms with E-state index in [0.29, 0.717) is 5.75 Å². The van der Waals surface area contributed by atoms with Gasteiger partial charge in [0.05, 0.1) is 6.42 Å². The summed E-state index contributed by atoms with van der Waals surface area (Å²) >= 11 is 0. The van der Waals surface area contributed by atoms with Gasteiger partial charge in [0.1, 0.15) is 0 Å². The summed E-state index contributed by atoms with van der Waals surface area (Å²) in [7, 11) is -0.976. The molecule has 0 saturated carbocycles. The zero-order valence-electron chi connectivity index (χ0n) is 11.8. The Kier molecular flexibility index (Phi) is 11.4. The average molecular weight is 276 g/mol. The highest BCUT2D eigenvalue weighted by atomic mass is 32.2. The molecule has 0 aliphatic rings. The number of carboxylic acid groups (broad SMARTS) is 1. The third kappa shape index (κ3) is 10.8. The zero-order valence-corrected chi connectivity index (χ0v) is 12.6. The molecule has 0 heterocycles. The maximum Gasteiger partial charge on any atom is 0.304 e. The van der Waals surface area contributed by atoms with Crippen LogP contribution in [0.25, 0.3) is 0 Å². The Morgan fingerprint density at radius 3 is 2.06 bits per heavy atom. The van der Waals surface area contributed by atoms with Crippen LogP contribution in [-0.4, -0.2) is 26.3 Å². The van der Waals surface area contributed by atoms with Gasteiger partial charge < -0.3 is 5.11 Å². The van der Waals surface area contributed by atoms with Gasteiger partial charge in [-0.15, -0.1) is 0 Å². The highest BCUT2D eigenvalue weighted by Crippen LogP contribution is 2.10. The van der Waals surface area contributed by atoms with E-state index in [1.54, 1.807) is 6.92 Å². The lowest BCUT2D eigenvalue weighted by molar-refractivity contribution is -0.136. The van der Waals surface area contributed by atoms with Crippen LogP contribution in [0.2, 0.25) is 0 Å². The largest absolute Gasteiger partial charge is 0.481 e. The van der Waals surface area contributed by atoms with Gasteiger partial charge in [-0.05, 0) is 6.42 Å². The van der Waals surface area contributed by atoms with Gasteiger partial charge in [0, 0.05) is 21.8 Å². The molecular weight excluding hydrogens is 248 g/mol. The molecule has 0 fully saturated rings. The first-order valence-corrected chi connectivity index (χ1v) is 8.55. The fourth-order valence-corrected chi connectivity index (χ4v) is 3.14. The molecule has 0 rings (SSSR count). The molecule has 0 aromatic heterocycles. The molecule has 0 radical (unpaired) electrons. The molecule has 0 saturated heterocycles. The maximum absolute atomic E-state index is 11.7. The molecule has 108 valence electrons. The van der Waals surface area contributed by atoms with Crippen molar-refractivity contribution in [2.75, 3.05) is 5.75 Å². The van der Waals surface area contributed by atoms with Crippen LogP contribution in [0, 0.1) is 0 Å². The van der Waals surface area contributed by atoms with Crippen molar-refractivity contribution in [1.29, 1.82) is 0 Å². The van der Waals surface area contributed by atoms with Crippen molar-refractivity contribution in [1.82, 2.24) is 0 Å². The minimum absolute atomic E-state index is 0.0175. The van der Waals surface area contributed by atoms with Gasteiger partial charge in [0.25, 0.3) is 0 Å². The van der Waals surface area contributed by atoms with Crippen LogP contribution in [0.1, 0.15) is 71.6 Å². The van der Waals surface area contributed by atoms with Gasteiger partial charge in [-0.2, -0.15) is 0 Å². The quantitative estimate of drug-likeness (QED) is 0.552. The molecule has 18 heavy (non-hydrogen) atoms. The first-order valence-electron chi connectivity index (χ1n) is 7.17. The van der Waals surface area contributed by atoms with Crippen molar-refractivity contribution < 1.29 is 14.1 Å². The van der Waals surface area contributed by atoms with Crippen LogP contribution in [0.4, 0.5) is 0 Å². The van der Waals surface area contributed by atoms with Crippen molar-refractivity contribution in [2.45, 2.75) is 76.9 Å². The fourth-order valence-electron chi connectivity index (χ4n) is 1.92. The molecule has 0 bridgehead atoms. The van der Waals surface area contributed by atoms with E-state index in [0.717, 1.165) is 12.8 Å². The van der Waals surface area contributed by atoms with E-state index >= 15 is 0 Å². The summed E-state index contributed by atoms with van der Waals surface area (Å²) < 4.78 is 11.7. The van der Waals surface area contributed by atoms with Crippen LogP contribution in [0.3, 0.4) is 0 Å². The van der Waals surface area contributed by atoms with Gasteiger partial charge in [-0.1, -0.05) is 58.8 Å². The summed E-state index contributed by atoms with van der Waals surface area (Å²) in [6.07, 6.45) is 9.85. The molecule has 2 atom stereocenters. The van der Waals surface area contributed by atoms with Crippen LogP contribution in [-0.2, 0) is 15.6 Å². The molecular formula is C14H28O3S. The smallest absolute Gasteiger partial charge is 0.304 e. The van der Waals surface area contributed by atoms with Crippen LogP contribution >= 0.6 is 0 Å². The lowest BCUT2D eigenvalue weighted by Crippen LogP contribution is -2.18. The third-order valence-corrected chi connectivity index (χ3v) is 4.87. The number of rotatable bonds is 12. The van der Waals surface area contributed by atoms with E-state index in [1.165, 1.54) is 38.5 Å². The van der Waals surface area contributed by atoms with E-state index in [4.69, 9.17) is 5.11 Å². The Morgan fingerprint density at radius 1 is 1.06 bits per heavy atom. The van der Waals surface area contributed by atoms with Crippen molar-refractivity contribution in [3.63, 3.8) is 0 Å². The van der Waals surface area contributed by atoms with Crippen molar-refractivity contribution in [3.8, 4) is 0 Å². The zero-order chi connectivity index (χ0) is 13.8. The first kappa shape index (κ1) is 17.6. The number of hydrogen-bond acceptors (Lipinski definition) is 2. The van der Waals surface area contributed by atoms with Gasteiger partial charge in [-0.25, -0.2) is 0 Å². The molecule has 0 spiro atoms. The van der Waals surface area contributed by atoms with E-state index in [2.05, 4.69) is 6.92 Å². The number of aliphatic carboxylic acids is 1. The predicted molar refractivity (Wildman–Crippen MR) is 77.3 cm³/mol. The van der Waals surface area contributed by atoms with Crippen molar-refractivity contribution in [2.24, 2.45) is 0 Å². The molecule has 0 amide bonds. The first-order chi connectivity index (χ1) is 8.57. The average Bonchev–Trinajstić information content (AvgIpc) is 2.31. The minimum atomic E-state index is -0.976. The Bertz CT molecular complexity index is 241. The second-order valence-electron chi connectivity index (χ2n) is 4.97. The predicted octanol–water partition coefficient (Wildman–Crippen LogP) is 3.74. The SMILES string of the molecule is CCCCCCCCCCS(=O)C(C)CC(=O)O. The monoisotopic (exact) mass is 276 g/mol. The van der Waals surface area contributed by atoms with E-state index in [-0.39, 0.29) is 11.7 Å². The lowest BCUT2D eigenvalue weighted by atomic mass is 10.1. The summed E-state index contributed by atoms with van der Waals surface area (Å²) in [6, 6.07) is 0. The van der Waals surface area contributed by atoms with E-state index in [1.807, 2.05) is 0 Å². The Morgan fingerprint density at radius 2 is 1.56 bits per heavy atom. The summed E-state index contributed by atoms with van der Waals surface area (Å²) in [5, 5.41) is 8.40. The summed E-state index contributed by atoms with van der Waals surface area (Å²) in [4.78, 5) is 10.5. The van der Waals surface area contributed by atoms with Gasteiger partial charge >= 0.3 is 5.97 Å². The topological polar surface area (TPSA) is 54.4 Å². The Balaban J connectivity index is 3.37. The third-order valence-electron chi connectivity index (χ3n) is 3.11. The van der Waals surface area contributed by atoms with E-state index in [9.17, 15) is 9.00 Å². The normalized spacial score (nSPS) is 14.3. The van der Waals surface area contributed by atoms with Gasteiger partial charge in [0.15, 0.2) is 0 Å². The second-order valence-corrected chi connectivity index (χ2v) is 6.94. The molecule has 0 aromatic carbocycles. The van der Waals surface area contributed by atoms with Gasteiger partial charge in [-0.3, -0.25) is 9.00 Å². The van der Waals surface area contributed by atoms with Crippen LogP contribution in [0.5, 0.6) is 0 Å². The van der Waals surface area contributed by atoms with Gasteiger partial charge in [0.2, 0.25) is 0 Å². The number of unbranched alkanes of at least 4 members (excludes halogenated alkanes) is 7. The molecule has 0 aliphatic carbocycles. The van der Waals surface area contributed by atoms with Crippen molar-refractivity contribution in [3.05, 3.63) is 0 Å². The summed E-state index contributed by atoms with van der Waals surface area (Å²) in [6.45, 7) is 3.97. The maximum atomic E-state index is 11.7. The number of carbonyl (C=O) groups is 1. The highest BCUT2D eigenvalue weighted by molar-refractivity contribution is 7.85. The lowest BCUT2D eigenvalue weighted by Gasteiger charge is -2.08. The van der Waals surface area contributed by atoms with Crippen LogP contribution < -0.4 is 0 Å². The molecule has 3 nitrogen and oxygen atoms in total. The summed E-state index contributed by atoms with van der Waals surface area (Å²) in [5.74, 6) is -0.199. The number of hydrogen-bond donors (Lipinski definition) is 1. The van der Waals surface area contributed by atoms with Crippen LogP contribution in [0.15, 0.2) is 0 Å². The molecule has 1 N–H and O–H groups in total. The fraction of sp³-hybridized carbons (Fsp3) is 0.929. The molecule has 4 heteroatoms. The standard InChI is InChI=1S/C14H28O3S/c1-3-4-5-6-7-8-9-10-11-18(17)13(2)12-14(15)16/h13H,3-12H2,1-2H3,(H,15,16). The number of carboxylic acids is 1. The molecule has 0 aliphatic heterocycles. The highest BCUT2D eigenvalue weighted by Gasteiger charge is 2.14. The second kappa shape index (κ2) is 11.7. The summed E-state index contributed by atoms with van der Waals surface area (Å²) in [5.41, 5.74) is 0. The van der Waals surface area contributed by atoms with Crippen molar-refractivity contribution >= 4 is 16.8 Å². The Hall–Kier alpha value is -0.380. The Labute approximate surface area is 114 Å². The minimum Gasteiger partial charge on any atom is -0.481 e. The molecule has 0 aromatic rings.